The fraction of sp³-hybridized carbons (Fsp3) is 0.533. The first kappa shape index (κ1) is 13.2. The summed E-state index contributed by atoms with van der Waals surface area (Å²) in [5.74, 6) is 1.57. The molecule has 5 nitrogen and oxygen atoms in total. The number of aromatic nitrogens is 3. The Morgan fingerprint density at radius 1 is 1.25 bits per heavy atom. The van der Waals surface area contributed by atoms with E-state index < -0.39 is 0 Å². The smallest absolute Gasteiger partial charge is 0.180 e. The van der Waals surface area contributed by atoms with Crippen LogP contribution in [0.1, 0.15) is 26.2 Å². The van der Waals surface area contributed by atoms with Crippen LogP contribution in [0.3, 0.4) is 0 Å². The van der Waals surface area contributed by atoms with Crippen molar-refractivity contribution >= 4 is 17.0 Å². The molecule has 0 aliphatic heterocycles. The van der Waals surface area contributed by atoms with Crippen molar-refractivity contribution in [3.05, 3.63) is 24.5 Å². The molecule has 2 aromatic rings. The minimum atomic E-state index is 0.506. The average molecular weight is 271 g/mol. The highest BCUT2D eigenvalue weighted by Gasteiger charge is 2.31. The number of nitrogens with two attached hydrogens (primary N) is 1. The molecule has 106 valence electrons. The summed E-state index contributed by atoms with van der Waals surface area (Å²) >= 11 is 0. The Hall–Kier alpha value is -1.75. The molecule has 0 bridgehead atoms. The van der Waals surface area contributed by atoms with Crippen LogP contribution in [0, 0.1) is 5.92 Å². The molecule has 0 saturated heterocycles. The van der Waals surface area contributed by atoms with Crippen LogP contribution in [0.2, 0.25) is 0 Å². The third kappa shape index (κ3) is 2.33. The van der Waals surface area contributed by atoms with E-state index >= 15 is 0 Å². The van der Waals surface area contributed by atoms with Gasteiger partial charge in [0.2, 0.25) is 0 Å². The second kappa shape index (κ2) is 5.71. The predicted octanol–water partition coefficient (Wildman–Crippen LogP) is 1.98. The van der Waals surface area contributed by atoms with Gasteiger partial charge in [-0.05, 0) is 44.4 Å². The molecule has 0 radical (unpaired) electrons. The molecule has 2 N–H and O–H groups in total. The van der Waals surface area contributed by atoms with E-state index in [2.05, 4.69) is 26.8 Å². The van der Waals surface area contributed by atoms with Crippen molar-refractivity contribution < 1.29 is 0 Å². The first-order valence-corrected chi connectivity index (χ1v) is 7.38. The molecule has 20 heavy (non-hydrogen) atoms. The third-order valence-corrected chi connectivity index (χ3v) is 4.27. The molecule has 5 heteroatoms. The van der Waals surface area contributed by atoms with Crippen molar-refractivity contribution in [2.24, 2.45) is 11.7 Å². The van der Waals surface area contributed by atoms with Crippen LogP contribution in [0.4, 0.5) is 5.82 Å². The van der Waals surface area contributed by atoms with Crippen molar-refractivity contribution in [1.82, 2.24) is 15.0 Å². The lowest BCUT2D eigenvalue weighted by atomic mass is 10.0. The van der Waals surface area contributed by atoms with Gasteiger partial charge in [-0.15, -0.1) is 0 Å². The minimum absolute atomic E-state index is 0.506. The largest absolute Gasteiger partial charge is 0.354 e. The average Bonchev–Trinajstić information content (AvgIpc) is 2.96. The van der Waals surface area contributed by atoms with Gasteiger partial charge >= 0.3 is 0 Å². The molecule has 1 fully saturated rings. The second-order valence-corrected chi connectivity index (χ2v) is 5.35. The molecule has 1 aliphatic carbocycles. The van der Waals surface area contributed by atoms with Gasteiger partial charge in [-0.2, -0.15) is 0 Å². The van der Waals surface area contributed by atoms with Crippen molar-refractivity contribution in [1.29, 1.82) is 0 Å². The van der Waals surface area contributed by atoms with Crippen LogP contribution in [0.25, 0.3) is 11.2 Å². The topological polar surface area (TPSA) is 67.9 Å². The summed E-state index contributed by atoms with van der Waals surface area (Å²) in [4.78, 5) is 15.6. The summed E-state index contributed by atoms with van der Waals surface area (Å²) in [6.07, 6.45) is 7.08. The second-order valence-electron chi connectivity index (χ2n) is 5.35. The van der Waals surface area contributed by atoms with Gasteiger partial charge in [-0.1, -0.05) is 6.42 Å². The van der Waals surface area contributed by atoms with Crippen molar-refractivity contribution in [3.63, 3.8) is 0 Å². The Balaban J connectivity index is 1.94. The molecule has 0 aromatic carbocycles. The molecule has 3 rings (SSSR count). The molecule has 2 heterocycles. The molecule has 2 atom stereocenters. The van der Waals surface area contributed by atoms with Gasteiger partial charge < -0.3 is 10.6 Å². The van der Waals surface area contributed by atoms with Gasteiger partial charge in [0.15, 0.2) is 5.65 Å². The van der Waals surface area contributed by atoms with E-state index in [0.717, 1.165) is 24.4 Å². The van der Waals surface area contributed by atoms with E-state index in [4.69, 9.17) is 5.73 Å². The zero-order valence-corrected chi connectivity index (χ0v) is 11.9. The summed E-state index contributed by atoms with van der Waals surface area (Å²) in [5, 5.41) is 0. The molecule has 0 amide bonds. The minimum Gasteiger partial charge on any atom is -0.354 e. The van der Waals surface area contributed by atoms with E-state index in [1.54, 1.807) is 12.4 Å². The van der Waals surface area contributed by atoms with Gasteiger partial charge in [0.05, 0.1) is 0 Å². The highest BCUT2D eigenvalue weighted by atomic mass is 15.2. The zero-order chi connectivity index (χ0) is 13.9. The lowest BCUT2D eigenvalue weighted by Crippen LogP contribution is -2.40. The number of nitrogens with zero attached hydrogens (tertiary/aromatic N) is 4. The number of fused-ring (bicyclic) bond motifs is 1. The number of pyridine rings is 1. The van der Waals surface area contributed by atoms with Crippen LogP contribution in [-0.4, -0.2) is 34.1 Å². The van der Waals surface area contributed by atoms with Gasteiger partial charge in [0.25, 0.3) is 0 Å². The van der Waals surface area contributed by atoms with Gasteiger partial charge in [0, 0.05) is 25.0 Å². The monoisotopic (exact) mass is 271 g/mol. The van der Waals surface area contributed by atoms with E-state index in [1.807, 2.05) is 12.1 Å². The Kier molecular flexibility index (Phi) is 3.78. The molecule has 0 spiro atoms. The van der Waals surface area contributed by atoms with E-state index in [0.29, 0.717) is 17.6 Å². The molecule has 2 unspecified atom stereocenters. The number of anilines is 1. The maximum absolute atomic E-state index is 5.92. The lowest BCUT2D eigenvalue weighted by Gasteiger charge is -2.32. The Morgan fingerprint density at radius 3 is 2.90 bits per heavy atom. The summed E-state index contributed by atoms with van der Waals surface area (Å²) in [7, 11) is 0. The normalized spacial score (nSPS) is 22.3. The van der Waals surface area contributed by atoms with Gasteiger partial charge in [-0.25, -0.2) is 9.97 Å². The van der Waals surface area contributed by atoms with E-state index in [1.165, 1.54) is 19.3 Å². The lowest BCUT2D eigenvalue weighted by molar-refractivity contribution is 0.460. The van der Waals surface area contributed by atoms with Gasteiger partial charge in [-0.3, -0.25) is 4.98 Å². The fourth-order valence-corrected chi connectivity index (χ4v) is 3.27. The van der Waals surface area contributed by atoms with E-state index in [-0.39, 0.29) is 0 Å². The van der Waals surface area contributed by atoms with Crippen LogP contribution in [0.5, 0.6) is 0 Å². The maximum Gasteiger partial charge on any atom is 0.180 e. The zero-order valence-electron chi connectivity index (χ0n) is 11.9. The quantitative estimate of drug-likeness (QED) is 0.921. The number of rotatable bonds is 4. The third-order valence-electron chi connectivity index (χ3n) is 4.27. The molecular weight excluding hydrogens is 250 g/mol. The standard InChI is InChI=1S/C15H21N5/c1-2-20(13-5-3-4-11(13)10-16)14-7-6-12-15(19-14)18-9-8-17-12/h6-9,11,13H,2-5,10,16H2,1H3. The first-order valence-electron chi connectivity index (χ1n) is 7.38. The van der Waals surface area contributed by atoms with Crippen LogP contribution >= 0.6 is 0 Å². The number of hydrogen-bond acceptors (Lipinski definition) is 5. The first-order chi connectivity index (χ1) is 9.83. The van der Waals surface area contributed by atoms with Crippen LogP contribution < -0.4 is 10.6 Å². The highest BCUT2D eigenvalue weighted by Crippen LogP contribution is 2.32. The Morgan fingerprint density at radius 2 is 2.10 bits per heavy atom. The summed E-state index contributed by atoms with van der Waals surface area (Å²) in [6, 6.07) is 4.55. The van der Waals surface area contributed by atoms with Crippen LogP contribution in [0.15, 0.2) is 24.5 Å². The SMILES string of the molecule is CCN(c1ccc2nccnc2n1)C1CCCC1CN. The van der Waals surface area contributed by atoms with Crippen molar-refractivity contribution in [3.8, 4) is 0 Å². The molecular formula is C15H21N5. The summed E-state index contributed by atoms with van der Waals surface area (Å²) in [5.41, 5.74) is 7.47. The predicted molar refractivity (Wildman–Crippen MR) is 80.5 cm³/mol. The summed E-state index contributed by atoms with van der Waals surface area (Å²) < 4.78 is 0. The highest BCUT2D eigenvalue weighted by molar-refractivity contribution is 5.71. The molecule has 2 aromatic heterocycles. The van der Waals surface area contributed by atoms with Gasteiger partial charge in [0.1, 0.15) is 11.3 Å². The maximum atomic E-state index is 5.92. The summed E-state index contributed by atoms with van der Waals surface area (Å²) in [6.45, 7) is 3.88. The number of hydrogen-bond donors (Lipinski definition) is 1. The molecule has 1 aliphatic rings. The molecule has 1 saturated carbocycles. The van der Waals surface area contributed by atoms with Crippen LogP contribution in [-0.2, 0) is 0 Å². The van der Waals surface area contributed by atoms with Crippen molar-refractivity contribution in [2.45, 2.75) is 32.2 Å². The fourth-order valence-electron chi connectivity index (χ4n) is 3.27. The van der Waals surface area contributed by atoms with E-state index in [9.17, 15) is 0 Å². The Bertz CT molecular complexity index is 585. The van der Waals surface area contributed by atoms with Crippen molar-refractivity contribution in [2.75, 3.05) is 18.0 Å². The Labute approximate surface area is 119 Å².